The average molecular weight is 424 g/mol. The van der Waals surface area contributed by atoms with Crippen LogP contribution >= 0.6 is 11.6 Å². The molecular formula is C18H22ClN5O5. The van der Waals surface area contributed by atoms with Gasteiger partial charge in [0.1, 0.15) is 16.7 Å². The van der Waals surface area contributed by atoms with Crippen LogP contribution < -0.4 is 15.8 Å². The minimum Gasteiger partial charge on any atom is -0.481 e. The quantitative estimate of drug-likeness (QED) is 0.317. The predicted octanol–water partition coefficient (Wildman–Crippen LogP) is 1.29. The monoisotopic (exact) mass is 423 g/mol. The van der Waals surface area contributed by atoms with Crippen LogP contribution in [0, 0.1) is 5.92 Å². The number of furan rings is 1. The Morgan fingerprint density at radius 3 is 2.76 bits per heavy atom. The molecule has 0 aliphatic carbocycles. The number of aliphatic hydroxyl groups excluding tert-OH is 3. The lowest BCUT2D eigenvalue weighted by atomic mass is 10.00. The summed E-state index contributed by atoms with van der Waals surface area (Å²) >= 11 is 6.31. The molecule has 0 amide bonds. The van der Waals surface area contributed by atoms with E-state index in [1.807, 2.05) is 0 Å². The van der Waals surface area contributed by atoms with Crippen molar-refractivity contribution in [3.8, 4) is 17.2 Å². The zero-order chi connectivity index (χ0) is 21.0. The summed E-state index contributed by atoms with van der Waals surface area (Å²) in [5.74, 6) is 0.693. The van der Waals surface area contributed by atoms with Crippen molar-refractivity contribution < 1.29 is 24.5 Å². The highest BCUT2D eigenvalue weighted by Gasteiger charge is 2.21. The van der Waals surface area contributed by atoms with Crippen LogP contribution in [0.25, 0.3) is 22.3 Å². The molecule has 0 saturated carbocycles. The lowest BCUT2D eigenvalue weighted by Gasteiger charge is -2.19. The molecule has 0 radical (unpaired) electrons. The number of aliphatic hydroxyl groups is 3. The SMILES string of the molecule is COc1cc2cc(-c3c(Cl)nc(N)nc3NCC[C@H](CO)[C@@H](O)CO)oc2cn1. The number of methoxy groups -OCH3 is 1. The van der Waals surface area contributed by atoms with E-state index in [1.54, 1.807) is 18.3 Å². The Hall–Kier alpha value is -2.66. The molecule has 3 rings (SSSR count). The van der Waals surface area contributed by atoms with E-state index >= 15 is 0 Å². The highest BCUT2D eigenvalue weighted by molar-refractivity contribution is 6.32. The maximum Gasteiger partial charge on any atom is 0.223 e. The highest BCUT2D eigenvalue weighted by atomic mass is 35.5. The minimum atomic E-state index is -1.02. The van der Waals surface area contributed by atoms with E-state index in [4.69, 9.17) is 31.6 Å². The molecule has 3 aromatic heterocycles. The van der Waals surface area contributed by atoms with Crippen LogP contribution in [0.1, 0.15) is 6.42 Å². The second kappa shape index (κ2) is 9.23. The van der Waals surface area contributed by atoms with Gasteiger partial charge in [-0.25, -0.2) is 9.97 Å². The molecule has 10 nitrogen and oxygen atoms in total. The average Bonchev–Trinajstić information content (AvgIpc) is 3.12. The van der Waals surface area contributed by atoms with Crippen molar-refractivity contribution >= 4 is 34.3 Å². The molecule has 156 valence electrons. The molecule has 29 heavy (non-hydrogen) atoms. The predicted molar refractivity (Wildman–Crippen MR) is 108 cm³/mol. The molecule has 0 bridgehead atoms. The number of nitrogens with one attached hydrogen (secondary N) is 1. The van der Waals surface area contributed by atoms with Gasteiger partial charge in [-0.3, -0.25) is 0 Å². The van der Waals surface area contributed by atoms with Gasteiger partial charge < -0.3 is 35.5 Å². The number of rotatable bonds is 9. The topological polar surface area (TPSA) is 160 Å². The second-order valence-electron chi connectivity index (χ2n) is 6.38. The summed E-state index contributed by atoms with van der Waals surface area (Å²) in [6, 6.07) is 3.49. The fourth-order valence-corrected chi connectivity index (χ4v) is 3.16. The minimum absolute atomic E-state index is 0.0187. The van der Waals surface area contributed by atoms with Gasteiger partial charge in [-0.15, -0.1) is 0 Å². The number of anilines is 2. The van der Waals surface area contributed by atoms with Gasteiger partial charge in [-0.05, 0) is 12.5 Å². The zero-order valence-electron chi connectivity index (χ0n) is 15.7. The van der Waals surface area contributed by atoms with Crippen LogP contribution in [-0.4, -0.2) is 63.2 Å². The van der Waals surface area contributed by atoms with Crippen LogP contribution in [0.5, 0.6) is 5.88 Å². The third kappa shape index (κ3) is 4.67. The van der Waals surface area contributed by atoms with E-state index in [-0.39, 0.29) is 17.7 Å². The lowest BCUT2D eigenvalue weighted by Crippen LogP contribution is -2.29. The first-order valence-corrected chi connectivity index (χ1v) is 9.25. The number of fused-ring (bicyclic) bond motifs is 1. The number of hydrogen-bond acceptors (Lipinski definition) is 10. The summed E-state index contributed by atoms with van der Waals surface area (Å²) in [4.78, 5) is 12.3. The normalized spacial score (nSPS) is 13.4. The molecular weight excluding hydrogens is 402 g/mol. The van der Waals surface area contributed by atoms with E-state index in [0.717, 1.165) is 5.39 Å². The largest absolute Gasteiger partial charge is 0.481 e. The van der Waals surface area contributed by atoms with Crippen LogP contribution in [0.3, 0.4) is 0 Å². The molecule has 11 heteroatoms. The summed E-state index contributed by atoms with van der Waals surface area (Å²) in [5, 5.41) is 32.1. The Balaban J connectivity index is 1.89. The summed E-state index contributed by atoms with van der Waals surface area (Å²) in [6.07, 6.45) is 0.900. The molecule has 0 saturated heterocycles. The Bertz CT molecular complexity index is 983. The van der Waals surface area contributed by atoms with E-state index in [2.05, 4.69) is 20.3 Å². The molecule has 2 atom stereocenters. The van der Waals surface area contributed by atoms with Gasteiger partial charge in [0.15, 0.2) is 5.58 Å². The molecule has 0 aromatic carbocycles. The maximum absolute atomic E-state index is 9.72. The van der Waals surface area contributed by atoms with Crippen molar-refractivity contribution in [2.24, 2.45) is 5.92 Å². The van der Waals surface area contributed by atoms with Crippen molar-refractivity contribution in [3.63, 3.8) is 0 Å². The lowest BCUT2D eigenvalue weighted by molar-refractivity contribution is 0.0206. The van der Waals surface area contributed by atoms with Crippen LogP contribution in [0.4, 0.5) is 11.8 Å². The molecule has 0 unspecified atom stereocenters. The van der Waals surface area contributed by atoms with E-state index in [0.29, 0.717) is 41.6 Å². The number of nitrogen functional groups attached to an aromatic ring is 1. The van der Waals surface area contributed by atoms with Crippen molar-refractivity contribution in [2.45, 2.75) is 12.5 Å². The van der Waals surface area contributed by atoms with Crippen molar-refractivity contribution in [1.29, 1.82) is 0 Å². The smallest absolute Gasteiger partial charge is 0.223 e. The number of hydrogen-bond donors (Lipinski definition) is 5. The third-order valence-electron chi connectivity index (χ3n) is 4.49. The Labute approximate surface area is 171 Å². The number of nitrogens with zero attached hydrogens (tertiary/aromatic N) is 3. The Morgan fingerprint density at radius 2 is 2.07 bits per heavy atom. The van der Waals surface area contributed by atoms with Crippen molar-refractivity contribution in [2.75, 3.05) is 37.9 Å². The Kier molecular flexibility index (Phi) is 6.70. The van der Waals surface area contributed by atoms with Gasteiger partial charge >= 0.3 is 0 Å². The molecule has 0 aliphatic heterocycles. The third-order valence-corrected chi connectivity index (χ3v) is 4.76. The summed E-state index contributed by atoms with van der Waals surface area (Å²) in [7, 11) is 1.52. The van der Waals surface area contributed by atoms with E-state index in [9.17, 15) is 10.2 Å². The van der Waals surface area contributed by atoms with Gasteiger partial charge in [0.2, 0.25) is 11.8 Å². The first kappa shape index (κ1) is 21.1. The number of pyridine rings is 1. The number of nitrogens with two attached hydrogens (primary N) is 1. The zero-order valence-corrected chi connectivity index (χ0v) is 16.4. The first-order chi connectivity index (χ1) is 14.0. The van der Waals surface area contributed by atoms with E-state index < -0.39 is 18.6 Å². The van der Waals surface area contributed by atoms with Gasteiger partial charge in [0, 0.05) is 30.5 Å². The van der Waals surface area contributed by atoms with Crippen molar-refractivity contribution in [3.05, 3.63) is 23.5 Å². The molecule has 3 aromatic rings. The molecule has 0 fully saturated rings. The fraction of sp³-hybridized carbons (Fsp3) is 0.389. The van der Waals surface area contributed by atoms with Gasteiger partial charge in [-0.1, -0.05) is 11.6 Å². The number of ether oxygens (including phenoxy) is 1. The number of aromatic nitrogens is 3. The number of halogens is 1. The molecule has 3 heterocycles. The first-order valence-electron chi connectivity index (χ1n) is 8.87. The van der Waals surface area contributed by atoms with Gasteiger partial charge in [0.25, 0.3) is 0 Å². The Morgan fingerprint density at radius 1 is 1.28 bits per heavy atom. The standard InChI is InChI=1S/C18H22ClN5O5/c1-28-14-5-10-4-12(29-13(10)6-22-14)15-16(19)23-18(20)24-17(15)21-3-2-9(7-25)11(27)8-26/h4-6,9,11,25-27H,2-3,7-8H2,1H3,(H3,20,21,23,24)/t9-,11+/m1/s1. The molecule has 6 N–H and O–H groups in total. The second-order valence-corrected chi connectivity index (χ2v) is 6.74. The molecule has 0 spiro atoms. The fourth-order valence-electron chi connectivity index (χ4n) is 2.89. The summed E-state index contributed by atoms with van der Waals surface area (Å²) < 4.78 is 11.0. The summed E-state index contributed by atoms with van der Waals surface area (Å²) in [5.41, 5.74) is 6.68. The van der Waals surface area contributed by atoms with E-state index in [1.165, 1.54) is 7.11 Å². The van der Waals surface area contributed by atoms with Crippen LogP contribution in [0.2, 0.25) is 5.15 Å². The highest BCUT2D eigenvalue weighted by Crippen LogP contribution is 2.37. The summed E-state index contributed by atoms with van der Waals surface area (Å²) in [6.45, 7) is -0.363. The van der Waals surface area contributed by atoms with Crippen molar-refractivity contribution in [1.82, 2.24) is 15.0 Å². The van der Waals surface area contributed by atoms with Crippen LogP contribution in [-0.2, 0) is 0 Å². The maximum atomic E-state index is 9.72. The molecule has 0 aliphatic rings. The van der Waals surface area contributed by atoms with Gasteiger partial charge in [0.05, 0.1) is 31.6 Å². The van der Waals surface area contributed by atoms with Gasteiger partial charge in [-0.2, -0.15) is 4.98 Å². The van der Waals surface area contributed by atoms with Crippen LogP contribution in [0.15, 0.2) is 22.7 Å².